The van der Waals surface area contributed by atoms with Gasteiger partial charge in [-0.15, -0.1) is 0 Å². The Hall–Kier alpha value is -2.98. The maximum Gasteiger partial charge on any atom is 0.242 e. The first kappa shape index (κ1) is 16.4. The van der Waals surface area contributed by atoms with Crippen molar-refractivity contribution in [2.75, 3.05) is 10.3 Å². The largest absolute Gasteiger partial charge is 0.340 e. The zero-order chi connectivity index (χ0) is 16.8. The van der Waals surface area contributed by atoms with Gasteiger partial charge in [-0.05, 0) is 30.2 Å². The van der Waals surface area contributed by atoms with Crippen molar-refractivity contribution in [2.24, 2.45) is 11.8 Å². The maximum atomic E-state index is 11.2. The molecular weight excluding hydrogens is 292 g/mol. The molecule has 1 atom stereocenters. The molecule has 0 unspecified atom stereocenters. The van der Waals surface area contributed by atoms with E-state index < -0.39 is 6.04 Å². The molecule has 2 aromatic rings. The van der Waals surface area contributed by atoms with E-state index in [1.54, 1.807) is 30.5 Å². The van der Waals surface area contributed by atoms with E-state index in [1.165, 1.54) is 5.01 Å². The lowest BCUT2D eigenvalue weighted by Gasteiger charge is -2.25. The van der Waals surface area contributed by atoms with Crippen molar-refractivity contribution in [3.05, 3.63) is 42.1 Å². The van der Waals surface area contributed by atoms with Gasteiger partial charge in [-0.3, -0.25) is 5.01 Å². The molecule has 0 bridgehead atoms. The molecule has 118 valence electrons. The Kier molecular flexibility index (Phi) is 5.23. The van der Waals surface area contributed by atoms with Gasteiger partial charge >= 0.3 is 0 Å². The predicted molar refractivity (Wildman–Crippen MR) is 87.8 cm³/mol. The van der Waals surface area contributed by atoms with Crippen LogP contribution < -0.4 is 16.2 Å². The lowest BCUT2D eigenvalue weighted by Crippen LogP contribution is -2.46. The molecule has 1 aromatic carbocycles. The minimum atomic E-state index is -0.507. The van der Waals surface area contributed by atoms with Crippen LogP contribution in [0, 0.1) is 17.2 Å². The Morgan fingerprint density at radius 1 is 1.39 bits per heavy atom. The van der Waals surface area contributed by atoms with Gasteiger partial charge < -0.3 is 10.1 Å². The molecule has 7 nitrogen and oxygen atoms in total. The van der Waals surface area contributed by atoms with Crippen LogP contribution in [-0.2, 0) is 4.79 Å². The molecule has 0 aliphatic heterocycles. The van der Waals surface area contributed by atoms with Crippen molar-refractivity contribution in [1.29, 1.82) is 5.26 Å². The van der Waals surface area contributed by atoms with Gasteiger partial charge in [-0.1, -0.05) is 19.9 Å². The highest BCUT2D eigenvalue weighted by Gasteiger charge is 2.21. The van der Waals surface area contributed by atoms with Crippen molar-refractivity contribution < 1.29 is 4.79 Å². The van der Waals surface area contributed by atoms with E-state index in [4.69, 9.17) is 11.1 Å². The van der Waals surface area contributed by atoms with Gasteiger partial charge in [0.15, 0.2) is 0 Å². The summed E-state index contributed by atoms with van der Waals surface area (Å²) in [6.45, 7) is 3.79. The van der Waals surface area contributed by atoms with E-state index in [0.29, 0.717) is 11.4 Å². The number of nitriles is 1. The molecule has 0 fully saturated rings. The fourth-order valence-corrected chi connectivity index (χ4v) is 2.03. The summed E-state index contributed by atoms with van der Waals surface area (Å²) in [6, 6.07) is 10.3. The topological polar surface area (TPSA) is 108 Å². The van der Waals surface area contributed by atoms with Crippen molar-refractivity contribution in [1.82, 2.24) is 9.97 Å². The van der Waals surface area contributed by atoms with Gasteiger partial charge in [-0.25, -0.2) is 10.8 Å². The number of benzene rings is 1. The number of carbonyl (C=O) groups is 1. The number of hydrogen-bond acceptors (Lipinski definition) is 7. The Morgan fingerprint density at radius 3 is 2.83 bits per heavy atom. The third kappa shape index (κ3) is 4.02. The van der Waals surface area contributed by atoms with Crippen LogP contribution >= 0.6 is 0 Å². The van der Waals surface area contributed by atoms with Gasteiger partial charge in [0, 0.05) is 11.9 Å². The van der Waals surface area contributed by atoms with Crippen LogP contribution in [0.3, 0.4) is 0 Å². The highest BCUT2D eigenvalue weighted by Crippen LogP contribution is 2.18. The molecular formula is C16H18N6O. The SMILES string of the molecule is CC(C)[C@H](C=O)N(N)c1nccc(Nc2cccc(C#N)c2)n1. The molecule has 0 aliphatic rings. The van der Waals surface area contributed by atoms with Gasteiger partial charge in [0.2, 0.25) is 5.95 Å². The summed E-state index contributed by atoms with van der Waals surface area (Å²) in [6.07, 6.45) is 2.34. The van der Waals surface area contributed by atoms with Crippen LogP contribution in [0.5, 0.6) is 0 Å². The molecule has 1 aromatic heterocycles. The van der Waals surface area contributed by atoms with Gasteiger partial charge in [0.25, 0.3) is 0 Å². The van der Waals surface area contributed by atoms with E-state index >= 15 is 0 Å². The van der Waals surface area contributed by atoms with Gasteiger partial charge in [0.1, 0.15) is 18.1 Å². The average Bonchev–Trinajstić information content (AvgIpc) is 2.55. The number of carbonyl (C=O) groups excluding carboxylic acids is 1. The van der Waals surface area contributed by atoms with Crippen molar-refractivity contribution in [2.45, 2.75) is 19.9 Å². The maximum absolute atomic E-state index is 11.2. The van der Waals surface area contributed by atoms with Crippen LogP contribution in [0.25, 0.3) is 0 Å². The fraction of sp³-hybridized carbons (Fsp3) is 0.250. The molecule has 1 heterocycles. The quantitative estimate of drug-likeness (QED) is 0.477. The normalized spacial score (nSPS) is 11.6. The van der Waals surface area contributed by atoms with Crippen molar-refractivity contribution in [3.63, 3.8) is 0 Å². The number of hydrazine groups is 1. The van der Waals surface area contributed by atoms with Crippen LogP contribution in [-0.4, -0.2) is 22.3 Å². The second kappa shape index (κ2) is 7.33. The zero-order valence-corrected chi connectivity index (χ0v) is 13.0. The van der Waals surface area contributed by atoms with Crippen LogP contribution in [0.15, 0.2) is 36.5 Å². The molecule has 0 spiro atoms. The Balaban J connectivity index is 2.22. The molecule has 0 radical (unpaired) electrons. The molecule has 0 amide bonds. The zero-order valence-electron chi connectivity index (χ0n) is 13.0. The number of nitrogens with one attached hydrogen (secondary N) is 1. The number of aldehydes is 1. The molecule has 0 saturated carbocycles. The highest BCUT2D eigenvalue weighted by atomic mass is 16.1. The Morgan fingerprint density at radius 2 is 2.17 bits per heavy atom. The monoisotopic (exact) mass is 310 g/mol. The molecule has 7 heteroatoms. The first-order chi connectivity index (χ1) is 11.0. The summed E-state index contributed by atoms with van der Waals surface area (Å²) in [4.78, 5) is 19.6. The number of anilines is 3. The Labute approximate surface area is 134 Å². The molecule has 0 aliphatic carbocycles. The standard InChI is InChI=1S/C16H18N6O/c1-11(2)14(10-23)22(18)16-19-7-6-15(21-16)20-13-5-3-4-12(8-13)9-17/h3-8,10-11,14H,18H2,1-2H3,(H,19,20,21)/t14-/m0/s1. The molecule has 2 rings (SSSR count). The first-order valence-corrected chi connectivity index (χ1v) is 7.14. The molecule has 3 N–H and O–H groups in total. The minimum absolute atomic E-state index is 0.0324. The van der Waals surface area contributed by atoms with Crippen LogP contribution in [0.4, 0.5) is 17.5 Å². The molecule has 23 heavy (non-hydrogen) atoms. The third-order valence-corrected chi connectivity index (χ3v) is 3.28. The van der Waals surface area contributed by atoms with Crippen molar-refractivity contribution >= 4 is 23.7 Å². The van der Waals surface area contributed by atoms with Crippen LogP contribution in [0.1, 0.15) is 19.4 Å². The number of nitrogens with zero attached hydrogens (tertiary/aromatic N) is 4. The fourth-order valence-electron chi connectivity index (χ4n) is 2.03. The van der Waals surface area contributed by atoms with Gasteiger partial charge in [-0.2, -0.15) is 10.2 Å². The predicted octanol–water partition coefficient (Wildman–Crippen LogP) is 2.00. The lowest BCUT2D eigenvalue weighted by atomic mass is 10.1. The van der Waals surface area contributed by atoms with E-state index in [1.807, 2.05) is 19.9 Å². The third-order valence-electron chi connectivity index (χ3n) is 3.28. The minimum Gasteiger partial charge on any atom is -0.340 e. The Bertz CT molecular complexity index is 725. The van der Waals surface area contributed by atoms with E-state index in [-0.39, 0.29) is 11.9 Å². The highest BCUT2D eigenvalue weighted by molar-refractivity contribution is 5.64. The molecule has 0 saturated heterocycles. The van der Waals surface area contributed by atoms with E-state index in [9.17, 15) is 4.79 Å². The summed E-state index contributed by atoms with van der Waals surface area (Å²) in [5.74, 6) is 6.77. The summed E-state index contributed by atoms with van der Waals surface area (Å²) in [7, 11) is 0. The summed E-state index contributed by atoms with van der Waals surface area (Å²) < 4.78 is 0. The second-order valence-corrected chi connectivity index (χ2v) is 5.34. The average molecular weight is 310 g/mol. The summed E-state index contributed by atoms with van der Waals surface area (Å²) in [5, 5.41) is 13.3. The number of rotatable bonds is 6. The smallest absolute Gasteiger partial charge is 0.242 e. The first-order valence-electron chi connectivity index (χ1n) is 7.14. The van der Waals surface area contributed by atoms with Crippen LogP contribution in [0.2, 0.25) is 0 Å². The second-order valence-electron chi connectivity index (χ2n) is 5.34. The van der Waals surface area contributed by atoms with Gasteiger partial charge in [0.05, 0.1) is 11.6 Å². The number of hydrogen-bond donors (Lipinski definition) is 2. The lowest BCUT2D eigenvalue weighted by molar-refractivity contribution is -0.109. The van der Waals surface area contributed by atoms with E-state index in [2.05, 4.69) is 21.4 Å². The summed E-state index contributed by atoms with van der Waals surface area (Å²) >= 11 is 0. The summed E-state index contributed by atoms with van der Waals surface area (Å²) in [5.41, 5.74) is 1.28. The number of aromatic nitrogens is 2. The van der Waals surface area contributed by atoms with Crippen molar-refractivity contribution in [3.8, 4) is 6.07 Å². The van der Waals surface area contributed by atoms with E-state index in [0.717, 1.165) is 12.0 Å². The number of nitrogens with two attached hydrogens (primary N) is 1.